The van der Waals surface area contributed by atoms with Crippen molar-refractivity contribution in [2.75, 3.05) is 22.4 Å². The number of aryl methyl sites for hydroxylation is 1. The second-order valence-electron chi connectivity index (χ2n) is 6.09. The average Bonchev–Trinajstić information content (AvgIpc) is 2.55. The molecule has 0 aromatic carbocycles. The summed E-state index contributed by atoms with van der Waals surface area (Å²) in [4.78, 5) is 7.17. The second kappa shape index (κ2) is 10.4. The van der Waals surface area contributed by atoms with Crippen molar-refractivity contribution in [2.45, 2.75) is 64.2 Å². The predicted molar refractivity (Wildman–Crippen MR) is 101 cm³/mol. The number of anilines is 1. The van der Waals surface area contributed by atoms with Gasteiger partial charge in [-0.1, -0.05) is 54.3 Å². The van der Waals surface area contributed by atoms with Gasteiger partial charge in [0.25, 0.3) is 0 Å². The Balaban J connectivity index is 1.74. The molecule has 0 atom stereocenters. The molecule has 1 fully saturated rings. The van der Waals surface area contributed by atoms with Gasteiger partial charge in [0.05, 0.1) is 0 Å². The average molecular weight is 400 g/mol. The number of halogens is 1. The van der Waals surface area contributed by atoms with Gasteiger partial charge in [-0.25, -0.2) is 4.98 Å². The summed E-state index contributed by atoms with van der Waals surface area (Å²) < 4.78 is 1.31. The summed E-state index contributed by atoms with van der Waals surface area (Å²) in [6.07, 6.45) is 15.5. The van der Waals surface area contributed by atoms with E-state index in [2.05, 4.69) is 44.6 Å². The van der Waals surface area contributed by atoms with Crippen LogP contribution in [0.3, 0.4) is 0 Å². The number of piperidine rings is 1. The van der Waals surface area contributed by atoms with Gasteiger partial charge in [0.15, 0.2) is 0 Å². The maximum absolute atomic E-state index is 4.67. The normalized spacial score (nSPS) is 15.4. The van der Waals surface area contributed by atoms with Crippen molar-refractivity contribution < 1.29 is 0 Å². The number of aromatic nitrogens is 1. The Bertz CT molecular complexity index is 389. The number of hydrogen-bond donors (Lipinski definition) is 0. The smallest absolute Gasteiger partial charge is 0.131 e. The molecule has 0 amide bonds. The fourth-order valence-corrected chi connectivity index (χ4v) is 3.67. The fraction of sp³-hybridized carbons (Fsp3) is 0.722. The van der Waals surface area contributed by atoms with Crippen LogP contribution in [0.4, 0.5) is 5.82 Å². The molecule has 1 aromatic heterocycles. The van der Waals surface area contributed by atoms with Crippen molar-refractivity contribution in [1.82, 2.24) is 4.98 Å². The summed E-state index contributed by atoms with van der Waals surface area (Å²) >= 11 is 2.48. The lowest BCUT2D eigenvalue weighted by atomic mass is 10.0. The third kappa shape index (κ3) is 6.13. The highest BCUT2D eigenvalue weighted by Crippen LogP contribution is 2.23. The molecule has 1 aliphatic heterocycles. The van der Waals surface area contributed by atoms with Crippen molar-refractivity contribution in [3.05, 3.63) is 23.9 Å². The highest BCUT2D eigenvalue weighted by molar-refractivity contribution is 14.1. The van der Waals surface area contributed by atoms with Gasteiger partial charge in [0.1, 0.15) is 5.82 Å². The molecule has 1 saturated heterocycles. The van der Waals surface area contributed by atoms with Crippen LogP contribution in [0, 0.1) is 0 Å². The Morgan fingerprint density at radius 3 is 2.43 bits per heavy atom. The number of alkyl halides is 1. The van der Waals surface area contributed by atoms with Gasteiger partial charge in [0, 0.05) is 19.3 Å². The Kier molecular flexibility index (Phi) is 8.45. The van der Waals surface area contributed by atoms with Gasteiger partial charge in [-0.05, 0) is 54.6 Å². The highest BCUT2D eigenvalue weighted by Gasteiger charge is 2.14. The summed E-state index contributed by atoms with van der Waals surface area (Å²) in [5, 5.41) is 0. The second-order valence-corrected chi connectivity index (χ2v) is 7.17. The zero-order valence-corrected chi connectivity index (χ0v) is 15.4. The molecule has 0 bridgehead atoms. The number of hydrogen-bond acceptors (Lipinski definition) is 2. The minimum absolute atomic E-state index is 1.19. The van der Waals surface area contributed by atoms with Gasteiger partial charge in [-0.2, -0.15) is 0 Å². The van der Waals surface area contributed by atoms with E-state index < -0.39 is 0 Å². The molecule has 118 valence electrons. The lowest BCUT2D eigenvalue weighted by molar-refractivity contribution is 0.569. The molecule has 2 heterocycles. The van der Waals surface area contributed by atoms with Gasteiger partial charge in [0.2, 0.25) is 0 Å². The van der Waals surface area contributed by atoms with E-state index in [1.165, 1.54) is 93.1 Å². The van der Waals surface area contributed by atoms with Crippen LogP contribution in [0.2, 0.25) is 0 Å². The largest absolute Gasteiger partial charge is 0.356 e. The van der Waals surface area contributed by atoms with Crippen LogP contribution in [0.25, 0.3) is 0 Å². The Morgan fingerprint density at radius 1 is 0.952 bits per heavy atom. The zero-order valence-electron chi connectivity index (χ0n) is 13.2. The SMILES string of the molecule is ICCCCCCCCc1cccnc1N1CCCCC1. The molecule has 2 nitrogen and oxygen atoms in total. The molecule has 0 N–H and O–H groups in total. The number of unbranched alkanes of at least 4 members (excludes halogenated alkanes) is 5. The van der Waals surface area contributed by atoms with Gasteiger partial charge in [-0.3, -0.25) is 0 Å². The van der Waals surface area contributed by atoms with Gasteiger partial charge < -0.3 is 4.90 Å². The molecular weight excluding hydrogens is 371 g/mol. The van der Waals surface area contributed by atoms with Gasteiger partial charge in [-0.15, -0.1) is 0 Å². The molecule has 0 radical (unpaired) electrons. The van der Waals surface area contributed by atoms with Crippen molar-refractivity contribution in [1.29, 1.82) is 0 Å². The Morgan fingerprint density at radius 2 is 1.67 bits per heavy atom. The molecular formula is C18H29IN2. The van der Waals surface area contributed by atoms with E-state index in [0.717, 1.165) is 0 Å². The summed E-state index contributed by atoms with van der Waals surface area (Å²) in [5.41, 5.74) is 1.46. The van der Waals surface area contributed by atoms with Crippen LogP contribution in [0.1, 0.15) is 63.4 Å². The standard InChI is InChI=1S/C18H29IN2/c19-13-7-4-2-1-3-6-11-17-12-10-14-20-18(17)21-15-8-5-9-16-21/h10,12,14H,1-9,11,13,15-16H2. The topological polar surface area (TPSA) is 16.1 Å². The molecule has 1 aromatic rings. The summed E-state index contributed by atoms with van der Waals surface area (Å²) in [6, 6.07) is 4.39. The van der Waals surface area contributed by atoms with Crippen LogP contribution in [-0.4, -0.2) is 22.5 Å². The van der Waals surface area contributed by atoms with Crippen LogP contribution < -0.4 is 4.90 Å². The molecule has 0 saturated carbocycles. The van der Waals surface area contributed by atoms with E-state index in [9.17, 15) is 0 Å². The Hall–Kier alpha value is -0.320. The maximum atomic E-state index is 4.67. The molecule has 1 aliphatic rings. The molecule has 21 heavy (non-hydrogen) atoms. The summed E-state index contributed by atoms with van der Waals surface area (Å²) in [5.74, 6) is 1.27. The molecule has 2 rings (SSSR count). The molecule has 0 unspecified atom stereocenters. The first-order valence-electron chi connectivity index (χ1n) is 8.66. The Labute approximate surface area is 143 Å². The lowest BCUT2D eigenvalue weighted by Crippen LogP contribution is -2.31. The van der Waals surface area contributed by atoms with Crippen LogP contribution in [0.15, 0.2) is 18.3 Å². The zero-order chi connectivity index (χ0) is 14.8. The first-order valence-corrected chi connectivity index (χ1v) is 10.2. The minimum Gasteiger partial charge on any atom is -0.356 e. The highest BCUT2D eigenvalue weighted by atomic mass is 127. The first kappa shape index (κ1) is 17.0. The maximum Gasteiger partial charge on any atom is 0.131 e. The van der Waals surface area contributed by atoms with Gasteiger partial charge >= 0.3 is 0 Å². The van der Waals surface area contributed by atoms with Crippen molar-refractivity contribution in [3.63, 3.8) is 0 Å². The molecule has 0 spiro atoms. The predicted octanol–water partition coefficient (Wildman–Crippen LogP) is 5.39. The van der Waals surface area contributed by atoms with E-state index in [4.69, 9.17) is 0 Å². The summed E-state index contributed by atoms with van der Waals surface area (Å²) in [7, 11) is 0. The lowest BCUT2D eigenvalue weighted by Gasteiger charge is -2.29. The number of nitrogens with zero attached hydrogens (tertiary/aromatic N) is 2. The van der Waals surface area contributed by atoms with Crippen molar-refractivity contribution in [3.8, 4) is 0 Å². The van der Waals surface area contributed by atoms with Crippen molar-refractivity contribution in [2.24, 2.45) is 0 Å². The van der Waals surface area contributed by atoms with Crippen LogP contribution >= 0.6 is 22.6 Å². The number of rotatable bonds is 9. The van der Waals surface area contributed by atoms with Crippen LogP contribution in [-0.2, 0) is 6.42 Å². The van der Waals surface area contributed by atoms with Crippen LogP contribution in [0.5, 0.6) is 0 Å². The van der Waals surface area contributed by atoms with Crippen molar-refractivity contribution >= 4 is 28.4 Å². The van der Waals surface area contributed by atoms with E-state index in [1.807, 2.05) is 6.20 Å². The molecule has 3 heteroatoms. The fourth-order valence-electron chi connectivity index (χ4n) is 3.13. The third-order valence-corrected chi connectivity index (χ3v) is 5.12. The molecule has 0 aliphatic carbocycles. The first-order chi connectivity index (χ1) is 10.4. The quantitative estimate of drug-likeness (QED) is 0.314. The third-order valence-electron chi connectivity index (χ3n) is 4.35. The van der Waals surface area contributed by atoms with E-state index in [-0.39, 0.29) is 0 Å². The minimum atomic E-state index is 1.19. The number of pyridine rings is 1. The monoisotopic (exact) mass is 400 g/mol. The van der Waals surface area contributed by atoms with E-state index in [1.54, 1.807) is 0 Å². The summed E-state index contributed by atoms with van der Waals surface area (Å²) in [6.45, 7) is 2.39. The van der Waals surface area contributed by atoms with E-state index >= 15 is 0 Å². The van der Waals surface area contributed by atoms with E-state index in [0.29, 0.717) is 0 Å².